The van der Waals surface area contributed by atoms with E-state index in [4.69, 9.17) is 16.3 Å². The smallest absolute Gasteiger partial charge is 0.243 e. The van der Waals surface area contributed by atoms with E-state index in [1.807, 2.05) is 44.2 Å². The largest absolute Gasteiger partial charge is 0.494 e. The molecule has 2 unspecified atom stereocenters. The number of nitrogens with one attached hydrogen (secondary N) is 1. The lowest BCUT2D eigenvalue weighted by molar-refractivity contribution is -0.141. The number of hydrogen-bond acceptors (Lipinski definition) is 3. The van der Waals surface area contributed by atoms with Gasteiger partial charge in [-0.3, -0.25) is 9.59 Å². The van der Waals surface area contributed by atoms with Gasteiger partial charge in [-0.15, -0.1) is 0 Å². The third-order valence-corrected chi connectivity index (χ3v) is 6.41. The Kier molecular flexibility index (Phi) is 11.0. The van der Waals surface area contributed by atoms with Crippen LogP contribution >= 0.6 is 11.6 Å². The van der Waals surface area contributed by atoms with Gasteiger partial charge in [0.2, 0.25) is 11.8 Å². The number of benzene rings is 3. The van der Waals surface area contributed by atoms with Crippen LogP contribution in [0.25, 0.3) is 0 Å². The van der Waals surface area contributed by atoms with Crippen LogP contribution in [0.2, 0.25) is 5.02 Å². The van der Waals surface area contributed by atoms with Crippen molar-refractivity contribution in [2.24, 2.45) is 0 Å². The molecule has 0 heterocycles. The van der Waals surface area contributed by atoms with Gasteiger partial charge in [0, 0.05) is 30.5 Å². The van der Waals surface area contributed by atoms with Gasteiger partial charge in [-0.1, -0.05) is 61.0 Å². The summed E-state index contributed by atoms with van der Waals surface area (Å²) in [5.74, 6) is -0.0402. The lowest BCUT2D eigenvalue weighted by Crippen LogP contribution is -2.52. The highest BCUT2D eigenvalue weighted by molar-refractivity contribution is 6.30. The van der Waals surface area contributed by atoms with Crippen LogP contribution in [0, 0.1) is 5.82 Å². The van der Waals surface area contributed by atoms with Crippen molar-refractivity contribution in [3.63, 3.8) is 0 Å². The van der Waals surface area contributed by atoms with Gasteiger partial charge in [0.15, 0.2) is 0 Å². The van der Waals surface area contributed by atoms with Gasteiger partial charge in [-0.25, -0.2) is 4.39 Å². The number of amides is 2. The molecule has 0 aromatic heterocycles. The summed E-state index contributed by atoms with van der Waals surface area (Å²) in [6.45, 7) is 4.49. The van der Waals surface area contributed by atoms with Crippen LogP contribution in [-0.2, 0) is 22.6 Å². The normalized spacial score (nSPS) is 12.4. The zero-order chi connectivity index (χ0) is 26.6. The average Bonchev–Trinajstić information content (AvgIpc) is 2.91. The first-order valence-corrected chi connectivity index (χ1v) is 13.0. The number of nitrogens with zero attached hydrogens (tertiary/aromatic N) is 1. The van der Waals surface area contributed by atoms with Crippen molar-refractivity contribution in [3.05, 3.63) is 101 Å². The molecule has 3 rings (SSSR count). The standard InChI is InChI=1S/C30H34ClFN2O3/c1-3-22(2)33-30(36)28(20-23-8-5-4-6-9-23)34(21-24-11-15-26(32)16-12-24)29(35)10-7-19-37-27-17-13-25(31)14-18-27/h4-6,8-9,11-18,22,28H,3,7,10,19-21H2,1-2H3,(H,33,36). The molecule has 3 aromatic rings. The first-order valence-electron chi connectivity index (χ1n) is 12.6. The van der Waals surface area contributed by atoms with Crippen LogP contribution in [0.4, 0.5) is 4.39 Å². The summed E-state index contributed by atoms with van der Waals surface area (Å²) in [5.41, 5.74) is 1.70. The van der Waals surface area contributed by atoms with E-state index in [0.29, 0.717) is 30.2 Å². The fourth-order valence-corrected chi connectivity index (χ4v) is 4.00. The summed E-state index contributed by atoms with van der Waals surface area (Å²) in [6.07, 6.45) is 1.83. The molecule has 5 nitrogen and oxygen atoms in total. The van der Waals surface area contributed by atoms with Crippen LogP contribution in [-0.4, -0.2) is 35.4 Å². The van der Waals surface area contributed by atoms with Crippen LogP contribution in [0.3, 0.4) is 0 Å². The Morgan fingerprint density at radius 3 is 2.30 bits per heavy atom. The van der Waals surface area contributed by atoms with E-state index in [-0.39, 0.29) is 36.6 Å². The Hall–Kier alpha value is -3.38. The molecule has 0 aliphatic heterocycles. The third-order valence-electron chi connectivity index (χ3n) is 6.16. The van der Waals surface area contributed by atoms with Crippen LogP contribution in [0.15, 0.2) is 78.9 Å². The van der Waals surface area contributed by atoms with Crippen molar-refractivity contribution in [2.75, 3.05) is 6.61 Å². The molecule has 0 saturated carbocycles. The number of carbonyl (C=O) groups excluding carboxylic acids is 2. The first-order chi connectivity index (χ1) is 17.9. The maximum absolute atomic E-state index is 13.6. The van der Waals surface area contributed by atoms with E-state index >= 15 is 0 Å². The summed E-state index contributed by atoms with van der Waals surface area (Å²) in [4.78, 5) is 28.6. The molecule has 0 bridgehead atoms. The van der Waals surface area contributed by atoms with Crippen LogP contribution in [0.1, 0.15) is 44.2 Å². The summed E-state index contributed by atoms with van der Waals surface area (Å²) >= 11 is 5.92. The Labute approximate surface area is 223 Å². The summed E-state index contributed by atoms with van der Waals surface area (Å²) in [5, 5.41) is 3.67. The fourth-order valence-electron chi connectivity index (χ4n) is 3.87. The van der Waals surface area contributed by atoms with Crippen LogP contribution in [0.5, 0.6) is 5.75 Å². The van der Waals surface area contributed by atoms with Gasteiger partial charge < -0.3 is 15.0 Å². The molecule has 0 radical (unpaired) electrons. The van der Waals surface area contributed by atoms with Gasteiger partial charge in [0.25, 0.3) is 0 Å². The van der Waals surface area contributed by atoms with Crippen molar-refractivity contribution in [1.29, 1.82) is 0 Å². The highest BCUT2D eigenvalue weighted by Gasteiger charge is 2.30. The Bertz CT molecular complexity index is 1120. The molecule has 7 heteroatoms. The molecule has 3 aromatic carbocycles. The summed E-state index contributed by atoms with van der Waals surface area (Å²) < 4.78 is 19.3. The number of rotatable bonds is 13. The van der Waals surface area contributed by atoms with Crippen molar-refractivity contribution >= 4 is 23.4 Å². The summed E-state index contributed by atoms with van der Waals surface area (Å²) in [6, 6.07) is 22.0. The van der Waals surface area contributed by atoms with E-state index < -0.39 is 6.04 Å². The maximum atomic E-state index is 13.6. The minimum atomic E-state index is -0.717. The summed E-state index contributed by atoms with van der Waals surface area (Å²) in [7, 11) is 0. The zero-order valence-corrected chi connectivity index (χ0v) is 22.1. The SMILES string of the molecule is CCC(C)NC(=O)C(Cc1ccccc1)N(Cc1ccc(F)cc1)C(=O)CCCOc1ccc(Cl)cc1. The van der Waals surface area contributed by atoms with Crippen molar-refractivity contribution in [2.45, 2.75) is 58.2 Å². The minimum Gasteiger partial charge on any atom is -0.494 e. The average molecular weight is 525 g/mol. The van der Waals surface area contributed by atoms with Gasteiger partial charge in [-0.2, -0.15) is 0 Å². The number of carbonyl (C=O) groups is 2. The number of hydrogen-bond donors (Lipinski definition) is 1. The highest BCUT2D eigenvalue weighted by Crippen LogP contribution is 2.19. The molecular formula is C30H34ClFN2O3. The second kappa shape index (κ2) is 14.4. The molecule has 37 heavy (non-hydrogen) atoms. The quantitative estimate of drug-likeness (QED) is 0.271. The molecule has 0 spiro atoms. The van der Waals surface area contributed by atoms with E-state index in [9.17, 15) is 14.0 Å². The molecule has 0 saturated heterocycles. The molecule has 0 aliphatic carbocycles. The van der Waals surface area contributed by atoms with Crippen molar-refractivity contribution in [3.8, 4) is 5.75 Å². The first kappa shape index (κ1) is 28.2. The Morgan fingerprint density at radius 1 is 0.973 bits per heavy atom. The molecule has 2 amide bonds. The lowest BCUT2D eigenvalue weighted by Gasteiger charge is -2.32. The molecule has 1 N–H and O–H groups in total. The second-order valence-corrected chi connectivity index (χ2v) is 9.51. The topological polar surface area (TPSA) is 58.6 Å². The Balaban J connectivity index is 1.78. The van der Waals surface area contributed by atoms with Crippen LogP contribution < -0.4 is 10.1 Å². The third kappa shape index (κ3) is 9.21. The molecule has 0 fully saturated rings. The van der Waals surface area contributed by atoms with E-state index in [2.05, 4.69) is 5.32 Å². The molecule has 2 atom stereocenters. The second-order valence-electron chi connectivity index (χ2n) is 9.08. The van der Waals surface area contributed by atoms with Gasteiger partial charge in [0.05, 0.1) is 6.61 Å². The van der Waals surface area contributed by atoms with E-state index in [0.717, 1.165) is 17.5 Å². The van der Waals surface area contributed by atoms with E-state index in [1.165, 1.54) is 12.1 Å². The van der Waals surface area contributed by atoms with Gasteiger partial charge >= 0.3 is 0 Å². The van der Waals surface area contributed by atoms with Gasteiger partial charge in [-0.05, 0) is 67.3 Å². The van der Waals surface area contributed by atoms with Crippen molar-refractivity contribution < 1.29 is 18.7 Å². The number of ether oxygens (including phenoxy) is 1. The lowest BCUT2D eigenvalue weighted by atomic mass is 10.0. The van der Waals surface area contributed by atoms with Gasteiger partial charge in [0.1, 0.15) is 17.6 Å². The molecule has 0 aliphatic rings. The molecule has 196 valence electrons. The predicted octanol–water partition coefficient (Wildman–Crippen LogP) is 6.19. The minimum absolute atomic E-state index is 0.0266. The zero-order valence-electron chi connectivity index (χ0n) is 21.3. The maximum Gasteiger partial charge on any atom is 0.243 e. The monoisotopic (exact) mass is 524 g/mol. The van der Waals surface area contributed by atoms with E-state index in [1.54, 1.807) is 41.3 Å². The highest BCUT2D eigenvalue weighted by atomic mass is 35.5. The Morgan fingerprint density at radius 2 is 1.65 bits per heavy atom. The number of halogens is 2. The predicted molar refractivity (Wildman–Crippen MR) is 145 cm³/mol. The van der Waals surface area contributed by atoms with Crippen molar-refractivity contribution in [1.82, 2.24) is 10.2 Å². The fraction of sp³-hybridized carbons (Fsp3) is 0.333. The molecular weight excluding hydrogens is 491 g/mol.